The highest BCUT2D eigenvalue weighted by molar-refractivity contribution is 7.90. The third kappa shape index (κ3) is 3.28. The van der Waals surface area contributed by atoms with Crippen molar-refractivity contribution in [3.8, 4) is 0 Å². The summed E-state index contributed by atoms with van der Waals surface area (Å²) in [6.07, 6.45) is 0.628. The minimum atomic E-state index is -3.43. The van der Waals surface area contributed by atoms with Gasteiger partial charge in [-0.25, -0.2) is 18.4 Å². The molecule has 1 heterocycles. The van der Waals surface area contributed by atoms with E-state index in [1.165, 1.54) is 6.07 Å². The molecule has 0 fully saturated rings. The fourth-order valence-corrected chi connectivity index (χ4v) is 1.66. The maximum Gasteiger partial charge on any atom is 0.311 e. The summed E-state index contributed by atoms with van der Waals surface area (Å²) in [5, 5.41) is 8.38. The summed E-state index contributed by atoms with van der Waals surface area (Å²) in [6, 6.07) is 1.31. The van der Waals surface area contributed by atoms with Crippen molar-refractivity contribution in [3.05, 3.63) is 17.6 Å². The van der Waals surface area contributed by atoms with E-state index in [1.807, 2.05) is 0 Å². The highest BCUT2D eigenvalue weighted by Crippen LogP contribution is 2.07. The Morgan fingerprint density at radius 1 is 1.47 bits per heavy atom. The lowest BCUT2D eigenvalue weighted by Gasteiger charge is -2.02. The average Bonchev–Trinajstić information content (AvgIpc) is 1.99. The van der Waals surface area contributed by atoms with Gasteiger partial charge < -0.3 is 5.11 Å². The van der Waals surface area contributed by atoms with Crippen molar-refractivity contribution in [1.29, 1.82) is 0 Å². The standard InChI is InChI=1S/C8H10N2O4S/c1-5-3-7(15(2,13)14)10-6(9-5)4-8(11)12/h3H,4H2,1-2H3,(H,11,12). The van der Waals surface area contributed by atoms with Gasteiger partial charge in [-0.05, 0) is 13.0 Å². The zero-order chi connectivity index (χ0) is 11.6. The fraction of sp³-hybridized carbons (Fsp3) is 0.375. The second kappa shape index (κ2) is 3.93. The van der Waals surface area contributed by atoms with E-state index in [4.69, 9.17) is 5.11 Å². The number of carboxylic acids is 1. The van der Waals surface area contributed by atoms with Crippen molar-refractivity contribution in [1.82, 2.24) is 9.97 Å². The summed E-state index contributed by atoms with van der Waals surface area (Å²) in [6.45, 7) is 1.59. The molecule has 0 saturated carbocycles. The van der Waals surface area contributed by atoms with Gasteiger partial charge in [0.15, 0.2) is 14.9 Å². The number of sulfone groups is 1. The summed E-state index contributed by atoms with van der Waals surface area (Å²) in [4.78, 5) is 17.9. The lowest BCUT2D eigenvalue weighted by Crippen LogP contribution is -2.10. The summed E-state index contributed by atoms with van der Waals surface area (Å²) >= 11 is 0. The average molecular weight is 230 g/mol. The maximum atomic E-state index is 11.2. The van der Waals surface area contributed by atoms with Crippen LogP contribution < -0.4 is 0 Å². The zero-order valence-electron chi connectivity index (χ0n) is 8.26. The normalized spacial score (nSPS) is 11.3. The van der Waals surface area contributed by atoms with Crippen LogP contribution in [0.2, 0.25) is 0 Å². The van der Waals surface area contributed by atoms with E-state index in [9.17, 15) is 13.2 Å². The van der Waals surface area contributed by atoms with Crippen LogP contribution in [-0.4, -0.2) is 35.7 Å². The van der Waals surface area contributed by atoms with Crippen LogP contribution in [0.3, 0.4) is 0 Å². The van der Waals surface area contributed by atoms with Crippen molar-refractivity contribution in [2.24, 2.45) is 0 Å². The second-order valence-corrected chi connectivity index (χ2v) is 5.07. The molecule has 82 valence electrons. The molecule has 1 N–H and O–H groups in total. The number of hydrogen-bond donors (Lipinski definition) is 1. The van der Waals surface area contributed by atoms with Gasteiger partial charge >= 0.3 is 5.97 Å². The Morgan fingerprint density at radius 3 is 2.53 bits per heavy atom. The monoisotopic (exact) mass is 230 g/mol. The SMILES string of the molecule is Cc1cc(S(C)(=O)=O)nc(CC(=O)O)n1. The predicted octanol–water partition coefficient (Wildman–Crippen LogP) is -0.184. The minimum absolute atomic E-state index is 0.00271. The van der Waals surface area contributed by atoms with Gasteiger partial charge in [-0.15, -0.1) is 0 Å². The van der Waals surface area contributed by atoms with Gasteiger partial charge in [-0.3, -0.25) is 4.79 Å². The van der Waals surface area contributed by atoms with Crippen LogP contribution in [0.1, 0.15) is 11.5 Å². The van der Waals surface area contributed by atoms with Crippen LogP contribution in [0.25, 0.3) is 0 Å². The number of carboxylic acid groups (broad SMARTS) is 1. The maximum absolute atomic E-state index is 11.2. The molecule has 0 bridgehead atoms. The molecule has 7 heteroatoms. The summed E-state index contributed by atoms with van der Waals surface area (Å²) in [7, 11) is -3.43. The van der Waals surface area contributed by atoms with Crippen molar-refractivity contribution < 1.29 is 18.3 Å². The molecular weight excluding hydrogens is 220 g/mol. The first-order chi connectivity index (χ1) is 6.79. The number of nitrogens with zero attached hydrogens (tertiary/aromatic N) is 2. The molecule has 0 saturated heterocycles. The van der Waals surface area contributed by atoms with Gasteiger partial charge in [0, 0.05) is 11.9 Å². The molecular formula is C8H10N2O4S. The van der Waals surface area contributed by atoms with Crippen LogP contribution in [0.15, 0.2) is 11.1 Å². The van der Waals surface area contributed by atoms with E-state index in [0.717, 1.165) is 6.26 Å². The quantitative estimate of drug-likeness (QED) is 0.723. The van der Waals surface area contributed by atoms with E-state index in [2.05, 4.69) is 9.97 Å². The Kier molecular flexibility index (Phi) is 3.04. The highest BCUT2D eigenvalue weighted by atomic mass is 32.2. The lowest BCUT2D eigenvalue weighted by molar-refractivity contribution is -0.136. The molecule has 6 nitrogen and oxygen atoms in total. The summed E-state index contributed by atoms with van der Waals surface area (Å²) in [5.41, 5.74) is 0.432. The Morgan fingerprint density at radius 2 is 2.07 bits per heavy atom. The van der Waals surface area contributed by atoms with Crippen molar-refractivity contribution >= 4 is 15.8 Å². The van der Waals surface area contributed by atoms with E-state index < -0.39 is 15.8 Å². The van der Waals surface area contributed by atoms with Gasteiger partial charge in [0.05, 0.1) is 0 Å². The number of rotatable bonds is 3. The Bertz CT molecular complexity index is 495. The second-order valence-electron chi connectivity index (χ2n) is 3.11. The first-order valence-electron chi connectivity index (χ1n) is 4.05. The molecule has 1 aromatic rings. The van der Waals surface area contributed by atoms with Crippen LogP contribution in [0, 0.1) is 6.92 Å². The number of hydrogen-bond acceptors (Lipinski definition) is 5. The third-order valence-corrected chi connectivity index (χ3v) is 2.54. The first-order valence-corrected chi connectivity index (χ1v) is 5.94. The summed E-state index contributed by atoms with van der Waals surface area (Å²) < 4.78 is 22.4. The molecule has 0 unspecified atom stereocenters. The van der Waals surface area contributed by atoms with Gasteiger partial charge in [0.2, 0.25) is 0 Å². The first kappa shape index (κ1) is 11.6. The molecule has 0 spiro atoms. The van der Waals surface area contributed by atoms with Gasteiger partial charge in [-0.2, -0.15) is 0 Å². The lowest BCUT2D eigenvalue weighted by atomic mass is 10.4. The smallest absolute Gasteiger partial charge is 0.311 e. The number of aromatic nitrogens is 2. The van der Waals surface area contributed by atoms with Crippen molar-refractivity contribution in [3.63, 3.8) is 0 Å². The van der Waals surface area contributed by atoms with E-state index in [0.29, 0.717) is 5.69 Å². The Balaban J connectivity index is 3.23. The molecule has 1 rings (SSSR count). The van der Waals surface area contributed by atoms with Crippen molar-refractivity contribution in [2.45, 2.75) is 18.4 Å². The predicted molar refractivity (Wildman–Crippen MR) is 51.2 cm³/mol. The molecule has 0 atom stereocenters. The molecule has 1 aromatic heterocycles. The van der Waals surface area contributed by atoms with E-state index in [1.54, 1.807) is 6.92 Å². The minimum Gasteiger partial charge on any atom is -0.481 e. The molecule has 0 aromatic carbocycles. The molecule has 0 amide bonds. The third-order valence-electron chi connectivity index (χ3n) is 1.57. The molecule has 0 aliphatic rings. The van der Waals surface area contributed by atoms with Crippen LogP contribution in [0.5, 0.6) is 0 Å². The van der Waals surface area contributed by atoms with Gasteiger partial charge in [0.25, 0.3) is 0 Å². The van der Waals surface area contributed by atoms with Crippen LogP contribution >= 0.6 is 0 Å². The number of aliphatic carboxylic acids is 1. The number of aryl methyl sites for hydroxylation is 1. The molecule has 0 radical (unpaired) electrons. The molecule has 0 aliphatic heterocycles. The van der Waals surface area contributed by atoms with Gasteiger partial charge in [0.1, 0.15) is 12.2 Å². The Hall–Kier alpha value is -1.50. The highest BCUT2D eigenvalue weighted by Gasteiger charge is 2.13. The van der Waals surface area contributed by atoms with E-state index >= 15 is 0 Å². The van der Waals surface area contributed by atoms with Crippen molar-refractivity contribution in [2.75, 3.05) is 6.26 Å². The molecule has 0 aliphatic carbocycles. The van der Waals surface area contributed by atoms with Gasteiger partial charge in [-0.1, -0.05) is 0 Å². The fourth-order valence-electron chi connectivity index (χ4n) is 1.00. The summed E-state index contributed by atoms with van der Waals surface area (Å²) in [5.74, 6) is -1.09. The van der Waals surface area contributed by atoms with E-state index in [-0.39, 0.29) is 17.3 Å². The largest absolute Gasteiger partial charge is 0.481 e. The zero-order valence-corrected chi connectivity index (χ0v) is 9.08. The topological polar surface area (TPSA) is 97.2 Å². The Labute approximate surface area is 86.9 Å². The van der Waals surface area contributed by atoms with Crippen LogP contribution in [-0.2, 0) is 21.1 Å². The number of carbonyl (C=O) groups is 1. The van der Waals surface area contributed by atoms with Crippen LogP contribution in [0.4, 0.5) is 0 Å². The molecule has 15 heavy (non-hydrogen) atoms.